The van der Waals surface area contributed by atoms with Gasteiger partial charge in [0.15, 0.2) is 5.78 Å². The van der Waals surface area contributed by atoms with E-state index in [1.165, 1.54) is 5.56 Å². The number of nitrogens with zero attached hydrogens (tertiary/aromatic N) is 1. The first-order valence-electron chi connectivity index (χ1n) is 6.62. The second-order valence-corrected chi connectivity index (χ2v) is 5.16. The molecule has 1 fully saturated rings. The van der Waals surface area contributed by atoms with E-state index in [0.29, 0.717) is 12.5 Å². The Labute approximate surface area is 108 Å². The predicted octanol–water partition coefficient (Wildman–Crippen LogP) is 2.09. The molecule has 3 heteroatoms. The summed E-state index contributed by atoms with van der Waals surface area (Å²) in [4.78, 5) is 13.6. The number of Topliss-reactive ketones (excluding diaryl/α,β-unsaturated/α-hetero) is 1. The molecule has 1 aliphatic rings. The maximum absolute atomic E-state index is 11.2. The lowest BCUT2D eigenvalue weighted by Gasteiger charge is -2.31. The Kier molecular flexibility index (Phi) is 4.50. The fraction of sp³-hybridized carbons (Fsp3) is 0.533. The van der Waals surface area contributed by atoms with Crippen molar-refractivity contribution >= 4 is 5.78 Å². The standard InChI is InChI=1S/C15H21NO2/c1-12(18)15-4-2-13(3-5-15)10-16-8-6-14(11-17)7-9-16/h2-5,14,17H,6-11H2,1H3. The summed E-state index contributed by atoms with van der Waals surface area (Å²) in [5.74, 6) is 0.603. The van der Waals surface area contributed by atoms with Crippen LogP contribution in [0.2, 0.25) is 0 Å². The average molecular weight is 247 g/mol. The zero-order chi connectivity index (χ0) is 13.0. The van der Waals surface area contributed by atoms with Gasteiger partial charge in [-0.25, -0.2) is 0 Å². The number of carbonyl (C=O) groups is 1. The van der Waals surface area contributed by atoms with Crippen molar-refractivity contribution in [3.8, 4) is 0 Å². The molecule has 0 aromatic heterocycles. The SMILES string of the molecule is CC(=O)c1ccc(CN2CCC(CO)CC2)cc1. The fourth-order valence-corrected chi connectivity index (χ4v) is 2.43. The molecule has 0 amide bonds. The van der Waals surface area contributed by atoms with Gasteiger partial charge in [0, 0.05) is 18.7 Å². The highest BCUT2D eigenvalue weighted by Crippen LogP contribution is 2.18. The third kappa shape index (κ3) is 3.40. The predicted molar refractivity (Wildman–Crippen MR) is 71.5 cm³/mol. The van der Waals surface area contributed by atoms with E-state index >= 15 is 0 Å². The van der Waals surface area contributed by atoms with Crippen LogP contribution >= 0.6 is 0 Å². The van der Waals surface area contributed by atoms with E-state index in [0.717, 1.165) is 38.0 Å². The summed E-state index contributed by atoms with van der Waals surface area (Å²) in [5.41, 5.74) is 2.03. The van der Waals surface area contributed by atoms with Gasteiger partial charge in [-0.2, -0.15) is 0 Å². The number of piperidine rings is 1. The van der Waals surface area contributed by atoms with E-state index in [2.05, 4.69) is 4.90 Å². The minimum atomic E-state index is 0.116. The molecule has 1 N–H and O–H groups in total. The number of hydrogen-bond donors (Lipinski definition) is 1. The summed E-state index contributed by atoms with van der Waals surface area (Å²) in [5, 5.41) is 9.10. The summed E-state index contributed by atoms with van der Waals surface area (Å²) in [7, 11) is 0. The minimum absolute atomic E-state index is 0.116. The van der Waals surface area contributed by atoms with Crippen molar-refractivity contribution in [3.63, 3.8) is 0 Å². The number of hydrogen-bond acceptors (Lipinski definition) is 3. The lowest BCUT2D eigenvalue weighted by Crippen LogP contribution is -2.34. The lowest BCUT2D eigenvalue weighted by molar-refractivity contribution is 0.101. The van der Waals surface area contributed by atoms with E-state index in [9.17, 15) is 4.79 Å². The number of carbonyl (C=O) groups excluding carboxylic acids is 1. The van der Waals surface area contributed by atoms with Crippen LogP contribution in [0.3, 0.4) is 0 Å². The molecule has 1 aromatic rings. The van der Waals surface area contributed by atoms with Gasteiger partial charge >= 0.3 is 0 Å². The van der Waals surface area contributed by atoms with Crippen LogP contribution in [0, 0.1) is 5.92 Å². The van der Waals surface area contributed by atoms with Crippen molar-refractivity contribution in [2.45, 2.75) is 26.3 Å². The number of benzene rings is 1. The number of aliphatic hydroxyl groups is 1. The van der Waals surface area contributed by atoms with Gasteiger partial charge in [-0.3, -0.25) is 9.69 Å². The van der Waals surface area contributed by atoms with Gasteiger partial charge in [-0.15, -0.1) is 0 Å². The topological polar surface area (TPSA) is 40.5 Å². The Hall–Kier alpha value is -1.19. The van der Waals surface area contributed by atoms with Crippen molar-refractivity contribution in [3.05, 3.63) is 35.4 Å². The van der Waals surface area contributed by atoms with Crippen LogP contribution in [0.4, 0.5) is 0 Å². The molecule has 0 atom stereocenters. The Morgan fingerprint density at radius 3 is 2.39 bits per heavy atom. The Bertz CT molecular complexity index is 391. The van der Waals surface area contributed by atoms with Crippen LogP contribution in [-0.2, 0) is 6.54 Å². The van der Waals surface area contributed by atoms with E-state index in [1.807, 2.05) is 24.3 Å². The van der Waals surface area contributed by atoms with Crippen LogP contribution in [0.25, 0.3) is 0 Å². The van der Waals surface area contributed by atoms with Crippen LogP contribution in [-0.4, -0.2) is 35.5 Å². The molecule has 0 aliphatic carbocycles. The molecule has 1 aliphatic heterocycles. The normalized spacial score (nSPS) is 17.9. The Morgan fingerprint density at radius 1 is 1.28 bits per heavy atom. The van der Waals surface area contributed by atoms with Crippen LogP contribution in [0.5, 0.6) is 0 Å². The number of aliphatic hydroxyl groups excluding tert-OH is 1. The maximum atomic E-state index is 11.2. The molecule has 3 nitrogen and oxygen atoms in total. The van der Waals surface area contributed by atoms with E-state index in [1.54, 1.807) is 6.92 Å². The fourth-order valence-electron chi connectivity index (χ4n) is 2.43. The summed E-state index contributed by atoms with van der Waals surface area (Å²) >= 11 is 0. The molecule has 2 rings (SSSR count). The van der Waals surface area contributed by atoms with E-state index < -0.39 is 0 Å². The van der Waals surface area contributed by atoms with Crippen molar-refractivity contribution in [1.29, 1.82) is 0 Å². The van der Waals surface area contributed by atoms with Crippen LogP contribution < -0.4 is 0 Å². The zero-order valence-electron chi connectivity index (χ0n) is 10.9. The van der Waals surface area contributed by atoms with Gasteiger partial charge in [-0.05, 0) is 44.3 Å². The molecule has 1 saturated heterocycles. The minimum Gasteiger partial charge on any atom is -0.396 e. The lowest BCUT2D eigenvalue weighted by atomic mass is 9.97. The summed E-state index contributed by atoms with van der Waals surface area (Å²) in [6, 6.07) is 7.88. The van der Waals surface area contributed by atoms with Gasteiger partial charge < -0.3 is 5.11 Å². The largest absolute Gasteiger partial charge is 0.396 e. The van der Waals surface area contributed by atoms with Gasteiger partial charge in [0.05, 0.1) is 0 Å². The molecule has 98 valence electrons. The van der Waals surface area contributed by atoms with Crippen LogP contribution in [0.1, 0.15) is 35.7 Å². The second-order valence-electron chi connectivity index (χ2n) is 5.16. The van der Waals surface area contributed by atoms with Gasteiger partial charge in [-0.1, -0.05) is 24.3 Å². The molecule has 0 radical (unpaired) electrons. The van der Waals surface area contributed by atoms with Crippen molar-refractivity contribution < 1.29 is 9.90 Å². The van der Waals surface area contributed by atoms with Crippen molar-refractivity contribution in [2.24, 2.45) is 5.92 Å². The summed E-state index contributed by atoms with van der Waals surface area (Å²) in [6.45, 7) is 4.96. The van der Waals surface area contributed by atoms with Crippen molar-refractivity contribution in [2.75, 3.05) is 19.7 Å². The number of rotatable bonds is 4. The molecule has 0 bridgehead atoms. The number of likely N-dealkylation sites (tertiary alicyclic amines) is 1. The highest BCUT2D eigenvalue weighted by Gasteiger charge is 2.18. The van der Waals surface area contributed by atoms with Gasteiger partial charge in [0.25, 0.3) is 0 Å². The third-order valence-corrected chi connectivity index (χ3v) is 3.73. The highest BCUT2D eigenvalue weighted by atomic mass is 16.3. The molecule has 0 spiro atoms. The molecule has 1 heterocycles. The first-order chi connectivity index (χ1) is 8.69. The van der Waals surface area contributed by atoms with Gasteiger partial charge in [0.2, 0.25) is 0 Å². The second kappa shape index (κ2) is 6.12. The van der Waals surface area contributed by atoms with E-state index in [4.69, 9.17) is 5.11 Å². The van der Waals surface area contributed by atoms with Crippen molar-refractivity contribution in [1.82, 2.24) is 4.90 Å². The quantitative estimate of drug-likeness (QED) is 0.828. The maximum Gasteiger partial charge on any atom is 0.159 e. The summed E-state index contributed by atoms with van der Waals surface area (Å²) in [6.07, 6.45) is 2.17. The average Bonchev–Trinajstić information content (AvgIpc) is 2.40. The van der Waals surface area contributed by atoms with Gasteiger partial charge in [0.1, 0.15) is 0 Å². The summed E-state index contributed by atoms with van der Waals surface area (Å²) < 4.78 is 0. The first kappa shape index (κ1) is 13.2. The highest BCUT2D eigenvalue weighted by molar-refractivity contribution is 5.93. The third-order valence-electron chi connectivity index (χ3n) is 3.73. The monoisotopic (exact) mass is 247 g/mol. The molecular formula is C15H21NO2. The molecule has 0 saturated carbocycles. The van der Waals surface area contributed by atoms with Crippen LogP contribution in [0.15, 0.2) is 24.3 Å². The molecule has 0 unspecified atom stereocenters. The van der Waals surface area contributed by atoms with E-state index in [-0.39, 0.29) is 5.78 Å². The number of ketones is 1. The molecule has 1 aromatic carbocycles. The Morgan fingerprint density at radius 2 is 1.89 bits per heavy atom. The smallest absolute Gasteiger partial charge is 0.159 e. The molecular weight excluding hydrogens is 226 g/mol. The Balaban J connectivity index is 1.88. The first-order valence-corrected chi connectivity index (χ1v) is 6.62. The molecule has 18 heavy (non-hydrogen) atoms. The zero-order valence-corrected chi connectivity index (χ0v) is 10.9.